The van der Waals surface area contributed by atoms with Crippen molar-refractivity contribution in [1.29, 1.82) is 0 Å². The van der Waals surface area contributed by atoms with E-state index in [4.69, 9.17) is 28.7 Å². The van der Waals surface area contributed by atoms with Crippen molar-refractivity contribution >= 4 is 40.8 Å². The average Bonchev–Trinajstić information content (AvgIpc) is 3.69. The van der Waals surface area contributed by atoms with Crippen LogP contribution in [-0.4, -0.2) is 57.0 Å². The minimum atomic E-state index is -0.160. The van der Waals surface area contributed by atoms with Crippen molar-refractivity contribution in [2.45, 2.75) is 58.1 Å². The maximum atomic E-state index is 13.9. The van der Waals surface area contributed by atoms with Crippen molar-refractivity contribution in [1.82, 2.24) is 0 Å². The number of ether oxygens (including phenoxy) is 5. The van der Waals surface area contributed by atoms with Crippen LogP contribution in [0.2, 0.25) is 0 Å². The number of anilines is 3. The third-order valence-electron chi connectivity index (χ3n) is 10.7. The lowest BCUT2D eigenvalue weighted by molar-refractivity contribution is 0.0976. The number of amides is 2. The molecule has 0 aromatic heterocycles. The zero-order valence-electron chi connectivity index (χ0n) is 31.7. The van der Waals surface area contributed by atoms with E-state index >= 15 is 0 Å². The summed E-state index contributed by atoms with van der Waals surface area (Å²) in [4.78, 5) is 36.3. The van der Waals surface area contributed by atoms with Crippen LogP contribution in [0.3, 0.4) is 0 Å². The molecule has 0 radical (unpaired) electrons. The second-order valence-electron chi connectivity index (χ2n) is 14.7. The van der Waals surface area contributed by atoms with E-state index in [9.17, 15) is 9.59 Å². The number of hydrogen-bond acceptors (Lipinski definition) is 9. The van der Waals surface area contributed by atoms with Crippen LogP contribution in [0.15, 0.2) is 96.0 Å². The van der Waals surface area contributed by atoms with Gasteiger partial charge in [0.15, 0.2) is 23.0 Å². The van der Waals surface area contributed by atoms with Crippen molar-refractivity contribution in [3.05, 3.63) is 124 Å². The molecule has 1 N–H and O–H groups in total. The first-order chi connectivity index (χ1) is 27.3. The van der Waals surface area contributed by atoms with Crippen LogP contribution >= 0.6 is 0 Å². The van der Waals surface area contributed by atoms with Gasteiger partial charge in [-0.2, -0.15) is 0 Å². The van der Waals surface area contributed by atoms with E-state index in [0.717, 1.165) is 34.5 Å². The Morgan fingerprint density at radius 1 is 0.714 bits per heavy atom. The summed E-state index contributed by atoms with van der Waals surface area (Å²) in [7, 11) is 3.13. The second kappa shape index (κ2) is 14.3. The number of fused-ring (bicyclic) bond motifs is 8. The molecule has 0 spiro atoms. The van der Waals surface area contributed by atoms with E-state index in [2.05, 4.69) is 17.4 Å². The normalized spacial score (nSPS) is 17.4. The molecule has 0 unspecified atom stereocenters. The summed E-state index contributed by atoms with van der Waals surface area (Å²) in [6.07, 6.45) is 3.29. The molecule has 2 amide bonds. The molecule has 4 aliphatic rings. The Morgan fingerprint density at radius 2 is 1.32 bits per heavy atom. The Labute approximate surface area is 325 Å². The number of aliphatic imine (C=N–C) groups is 1. The highest BCUT2D eigenvalue weighted by atomic mass is 16.5. The molecular formula is C45H42N4O7. The van der Waals surface area contributed by atoms with Gasteiger partial charge in [-0.3, -0.25) is 19.5 Å². The van der Waals surface area contributed by atoms with E-state index in [0.29, 0.717) is 64.2 Å². The van der Waals surface area contributed by atoms with Gasteiger partial charge in [-0.1, -0.05) is 36.4 Å². The van der Waals surface area contributed by atoms with Crippen molar-refractivity contribution in [3.8, 4) is 28.7 Å². The maximum Gasteiger partial charge on any atom is 0.261 e. The van der Waals surface area contributed by atoms with Gasteiger partial charge in [0.2, 0.25) is 0 Å². The van der Waals surface area contributed by atoms with E-state index in [-0.39, 0.29) is 43.2 Å². The molecule has 0 saturated carbocycles. The van der Waals surface area contributed by atoms with Gasteiger partial charge in [-0.25, -0.2) is 0 Å². The molecule has 4 heterocycles. The van der Waals surface area contributed by atoms with E-state index in [1.54, 1.807) is 32.4 Å². The summed E-state index contributed by atoms with van der Waals surface area (Å²) in [6, 6.07) is 28.9. The predicted molar refractivity (Wildman–Crippen MR) is 215 cm³/mol. The number of para-hydroxylation sites is 2. The number of methoxy groups -OCH3 is 2. The van der Waals surface area contributed by atoms with Crippen molar-refractivity contribution < 1.29 is 33.3 Å². The first-order valence-corrected chi connectivity index (χ1v) is 18.9. The van der Waals surface area contributed by atoms with Gasteiger partial charge in [0.05, 0.1) is 54.9 Å². The fourth-order valence-electron chi connectivity index (χ4n) is 8.16. The summed E-state index contributed by atoms with van der Waals surface area (Å²) in [5, 5.41) is 3.50. The first kappa shape index (κ1) is 35.2. The number of benzene rings is 5. The lowest BCUT2D eigenvalue weighted by Crippen LogP contribution is -2.39. The van der Waals surface area contributed by atoms with Crippen LogP contribution in [0.5, 0.6) is 28.7 Å². The quantitative estimate of drug-likeness (QED) is 0.153. The average molecular weight is 751 g/mol. The van der Waals surface area contributed by atoms with Gasteiger partial charge in [-0.15, -0.1) is 0 Å². The second-order valence-corrected chi connectivity index (χ2v) is 14.7. The minimum Gasteiger partial charge on any atom is -0.493 e. The summed E-state index contributed by atoms with van der Waals surface area (Å²) in [5.74, 6) is 2.35. The topological polar surface area (TPSA) is 111 Å². The lowest BCUT2D eigenvalue weighted by atomic mass is 10.1. The first-order valence-electron chi connectivity index (χ1n) is 18.9. The summed E-state index contributed by atoms with van der Waals surface area (Å²) in [5.41, 5.74) is 8.07. The summed E-state index contributed by atoms with van der Waals surface area (Å²) < 4.78 is 30.4. The standard InChI is InChI=1S/C45H42N4O7/c1-26(2)56-33-14-27(24-54-42-20-36-34(18-40(42)52-3)44(50)48-31(22-46-36)16-29-9-5-7-11-38(29)48)13-28(15-33)25-55-43-21-37-35(19-41(43)53-4)45(51)49-32(23-47-37)17-30-10-6-8-12-39(30)49/h5-15,18-22,26,31-32,47H,16-17,23-25H2,1-4H3/t31-,32-/m0/s1. The molecule has 5 aromatic carbocycles. The lowest BCUT2D eigenvalue weighted by Gasteiger charge is -2.22. The highest BCUT2D eigenvalue weighted by Crippen LogP contribution is 2.43. The number of carbonyl (C=O) groups excluding carboxylic acids is 2. The van der Waals surface area contributed by atoms with Gasteiger partial charge in [0.25, 0.3) is 11.8 Å². The number of rotatable bonds is 10. The molecule has 56 heavy (non-hydrogen) atoms. The van der Waals surface area contributed by atoms with E-state index in [1.807, 2.05) is 90.5 Å². The zero-order valence-corrected chi connectivity index (χ0v) is 31.7. The Balaban J connectivity index is 0.950. The van der Waals surface area contributed by atoms with Gasteiger partial charge in [0, 0.05) is 42.7 Å². The van der Waals surface area contributed by atoms with Crippen LogP contribution in [0, 0.1) is 0 Å². The SMILES string of the molecule is COc1cc2c(cc1OCc1cc(COc3cc4c(cc3OC)C(=O)N3c5ccccc5C[C@H]3CN4)cc(OC(C)C)c1)N=C[C@@H]1Cc3ccccc3N1C2=O. The Morgan fingerprint density at radius 3 is 2.00 bits per heavy atom. The molecule has 0 bridgehead atoms. The molecule has 5 aromatic rings. The fourth-order valence-corrected chi connectivity index (χ4v) is 8.16. The number of nitrogens with one attached hydrogen (secondary N) is 1. The molecule has 0 saturated heterocycles. The Bertz CT molecular complexity index is 2410. The molecule has 11 nitrogen and oxygen atoms in total. The highest BCUT2D eigenvalue weighted by molar-refractivity contribution is 6.15. The molecule has 4 aliphatic heterocycles. The van der Waals surface area contributed by atoms with Crippen LogP contribution < -0.4 is 38.8 Å². The number of nitrogens with zero attached hydrogens (tertiary/aromatic N) is 3. The fraction of sp³-hybridized carbons (Fsp3) is 0.267. The summed E-state index contributed by atoms with van der Waals surface area (Å²) in [6.45, 7) is 4.95. The molecule has 0 fully saturated rings. The predicted octanol–water partition coefficient (Wildman–Crippen LogP) is 7.93. The molecule has 0 aliphatic carbocycles. The number of hydrogen-bond donors (Lipinski definition) is 1. The van der Waals surface area contributed by atoms with Gasteiger partial charge in [-0.05, 0) is 85.0 Å². The molecule has 2 atom stereocenters. The van der Waals surface area contributed by atoms with Crippen molar-refractivity contribution in [2.75, 3.05) is 35.9 Å². The third-order valence-corrected chi connectivity index (χ3v) is 10.7. The van der Waals surface area contributed by atoms with Crippen molar-refractivity contribution in [2.24, 2.45) is 4.99 Å². The number of carbonyl (C=O) groups is 2. The van der Waals surface area contributed by atoms with E-state index in [1.165, 1.54) is 5.56 Å². The van der Waals surface area contributed by atoms with Gasteiger partial charge >= 0.3 is 0 Å². The van der Waals surface area contributed by atoms with E-state index < -0.39 is 0 Å². The maximum absolute atomic E-state index is 13.9. The van der Waals surface area contributed by atoms with Crippen LogP contribution in [0.4, 0.5) is 22.7 Å². The molecular weight excluding hydrogens is 709 g/mol. The Hall–Kier alpha value is -6.49. The minimum absolute atomic E-state index is 0.0175. The van der Waals surface area contributed by atoms with Gasteiger partial charge < -0.3 is 33.9 Å². The summed E-state index contributed by atoms with van der Waals surface area (Å²) >= 11 is 0. The smallest absolute Gasteiger partial charge is 0.261 e. The van der Waals surface area contributed by atoms with Crippen LogP contribution in [0.1, 0.15) is 56.8 Å². The molecule has 11 heteroatoms. The van der Waals surface area contributed by atoms with Crippen LogP contribution in [0.25, 0.3) is 0 Å². The Kier molecular flexibility index (Phi) is 8.99. The molecule has 9 rings (SSSR count). The zero-order chi connectivity index (χ0) is 38.5. The monoisotopic (exact) mass is 750 g/mol. The largest absolute Gasteiger partial charge is 0.493 e. The highest BCUT2D eigenvalue weighted by Gasteiger charge is 2.38. The third kappa shape index (κ3) is 6.32. The molecule has 284 valence electrons. The van der Waals surface area contributed by atoms with Gasteiger partial charge in [0.1, 0.15) is 19.0 Å². The van der Waals surface area contributed by atoms with Crippen LogP contribution in [-0.2, 0) is 26.1 Å². The van der Waals surface area contributed by atoms with Crippen molar-refractivity contribution in [3.63, 3.8) is 0 Å².